The molecule has 1 unspecified atom stereocenters. The predicted molar refractivity (Wildman–Crippen MR) is 55.0 cm³/mol. The van der Waals surface area contributed by atoms with Crippen LogP contribution in [0.15, 0.2) is 11.5 Å². The number of hydrogen-bond acceptors (Lipinski definition) is 4. The average Bonchev–Trinajstić information content (AvgIpc) is 2.50. The molecular weight excluding hydrogens is 200 g/mol. The second-order valence-electron chi connectivity index (χ2n) is 3.22. The Morgan fingerprint density at radius 3 is 2.71 bits per heavy atom. The fourth-order valence-corrected chi connectivity index (χ4v) is 1.89. The van der Waals surface area contributed by atoms with Crippen LogP contribution in [-0.4, -0.2) is 44.9 Å². The van der Waals surface area contributed by atoms with Gasteiger partial charge >= 0.3 is 0 Å². The summed E-state index contributed by atoms with van der Waals surface area (Å²) < 4.78 is 1.80. The van der Waals surface area contributed by atoms with Gasteiger partial charge in [-0.15, -0.1) is 10.2 Å². The Balaban J connectivity index is 2.62. The van der Waals surface area contributed by atoms with E-state index in [-0.39, 0.29) is 11.2 Å². The molecule has 1 aromatic rings. The lowest BCUT2D eigenvalue weighted by atomic mass is 10.4. The minimum Gasteiger partial charge on any atom is -0.348 e. The van der Waals surface area contributed by atoms with Crippen molar-refractivity contribution in [1.82, 2.24) is 19.7 Å². The van der Waals surface area contributed by atoms with E-state index in [2.05, 4.69) is 10.2 Å². The van der Waals surface area contributed by atoms with E-state index in [1.807, 2.05) is 14.0 Å². The molecule has 0 saturated heterocycles. The van der Waals surface area contributed by atoms with Crippen LogP contribution in [0.1, 0.15) is 6.92 Å². The van der Waals surface area contributed by atoms with E-state index >= 15 is 0 Å². The molecule has 78 valence electrons. The summed E-state index contributed by atoms with van der Waals surface area (Å²) in [5.41, 5.74) is 0. The molecule has 0 saturated carbocycles. The van der Waals surface area contributed by atoms with Crippen LogP contribution in [0.5, 0.6) is 0 Å². The van der Waals surface area contributed by atoms with Gasteiger partial charge in [0.1, 0.15) is 6.33 Å². The van der Waals surface area contributed by atoms with Crippen LogP contribution in [0.4, 0.5) is 0 Å². The molecule has 0 aliphatic rings. The van der Waals surface area contributed by atoms with Gasteiger partial charge in [0.25, 0.3) is 0 Å². The van der Waals surface area contributed by atoms with Crippen molar-refractivity contribution in [3.8, 4) is 0 Å². The number of carbonyl (C=O) groups is 1. The van der Waals surface area contributed by atoms with Crippen LogP contribution < -0.4 is 0 Å². The minimum absolute atomic E-state index is 0.0815. The Labute approximate surface area is 87.5 Å². The van der Waals surface area contributed by atoms with Crippen molar-refractivity contribution < 1.29 is 4.79 Å². The summed E-state index contributed by atoms with van der Waals surface area (Å²) in [7, 11) is 5.35. The van der Waals surface area contributed by atoms with Gasteiger partial charge in [-0.25, -0.2) is 0 Å². The van der Waals surface area contributed by atoms with Crippen molar-refractivity contribution in [2.75, 3.05) is 14.1 Å². The molecule has 6 heteroatoms. The Bertz CT molecular complexity index is 323. The second kappa shape index (κ2) is 4.45. The first-order chi connectivity index (χ1) is 6.52. The zero-order valence-electron chi connectivity index (χ0n) is 8.76. The standard InChI is InChI=1S/C8H14N4OS/c1-6(7(13)11(2)3)14-8-10-9-5-12(8)4/h5-6H,1-4H3. The third kappa shape index (κ3) is 2.47. The third-order valence-corrected chi connectivity index (χ3v) is 2.88. The maximum absolute atomic E-state index is 11.5. The highest BCUT2D eigenvalue weighted by atomic mass is 32.2. The summed E-state index contributed by atoms with van der Waals surface area (Å²) in [5.74, 6) is 0.0815. The SMILES string of the molecule is CC(Sc1nncn1C)C(=O)N(C)C. The van der Waals surface area contributed by atoms with Crippen molar-refractivity contribution in [3.63, 3.8) is 0 Å². The summed E-state index contributed by atoms with van der Waals surface area (Å²) in [6.07, 6.45) is 1.62. The largest absolute Gasteiger partial charge is 0.348 e. The molecule has 0 aliphatic carbocycles. The van der Waals surface area contributed by atoms with Crippen LogP contribution >= 0.6 is 11.8 Å². The molecule has 0 fully saturated rings. The summed E-state index contributed by atoms with van der Waals surface area (Å²) in [5, 5.41) is 8.27. The zero-order valence-corrected chi connectivity index (χ0v) is 9.58. The monoisotopic (exact) mass is 214 g/mol. The lowest BCUT2D eigenvalue weighted by Crippen LogP contribution is -2.29. The maximum Gasteiger partial charge on any atom is 0.235 e. The molecule has 1 aromatic heterocycles. The Hall–Kier alpha value is -1.04. The molecule has 0 spiro atoms. The highest BCUT2D eigenvalue weighted by Crippen LogP contribution is 2.20. The molecule has 5 nitrogen and oxygen atoms in total. The second-order valence-corrected chi connectivity index (χ2v) is 4.53. The number of aromatic nitrogens is 3. The number of nitrogens with zero attached hydrogens (tertiary/aromatic N) is 4. The number of hydrogen-bond donors (Lipinski definition) is 0. The number of aryl methyl sites for hydroxylation is 1. The van der Waals surface area contributed by atoms with Crippen LogP contribution in [0, 0.1) is 0 Å². The summed E-state index contributed by atoms with van der Waals surface area (Å²) in [6, 6.07) is 0. The van der Waals surface area contributed by atoms with Gasteiger partial charge in [0.15, 0.2) is 5.16 Å². The molecule has 1 amide bonds. The van der Waals surface area contributed by atoms with Gasteiger partial charge < -0.3 is 9.47 Å². The van der Waals surface area contributed by atoms with Crippen molar-refractivity contribution in [2.24, 2.45) is 7.05 Å². The van der Waals surface area contributed by atoms with Gasteiger partial charge in [-0.1, -0.05) is 11.8 Å². The van der Waals surface area contributed by atoms with E-state index in [9.17, 15) is 4.79 Å². The summed E-state index contributed by atoms with van der Waals surface area (Å²) in [6.45, 7) is 1.86. The minimum atomic E-state index is -0.132. The van der Waals surface area contributed by atoms with Gasteiger partial charge in [-0.2, -0.15) is 0 Å². The van der Waals surface area contributed by atoms with Crippen LogP contribution in [-0.2, 0) is 11.8 Å². The van der Waals surface area contributed by atoms with Gasteiger partial charge in [0, 0.05) is 21.1 Å². The average molecular weight is 214 g/mol. The number of rotatable bonds is 3. The highest BCUT2D eigenvalue weighted by Gasteiger charge is 2.18. The molecule has 0 bridgehead atoms. The Kier molecular flexibility index (Phi) is 3.51. The fraction of sp³-hybridized carbons (Fsp3) is 0.625. The summed E-state index contributed by atoms with van der Waals surface area (Å²) >= 11 is 1.41. The predicted octanol–water partition coefficient (Wildman–Crippen LogP) is 0.384. The normalized spacial score (nSPS) is 12.6. The van der Waals surface area contributed by atoms with E-state index in [0.717, 1.165) is 5.16 Å². The third-order valence-electron chi connectivity index (χ3n) is 1.74. The first-order valence-electron chi connectivity index (χ1n) is 4.24. The smallest absolute Gasteiger partial charge is 0.235 e. The van der Waals surface area contributed by atoms with E-state index < -0.39 is 0 Å². The van der Waals surface area contributed by atoms with Crippen molar-refractivity contribution in [1.29, 1.82) is 0 Å². The molecule has 14 heavy (non-hydrogen) atoms. The van der Waals surface area contributed by atoms with Crippen molar-refractivity contribution in [3.05, 3.63) is 6.33 Å². The van der Waals surface area contributed by atoms with E-state index in [1.165, 1.54) is 11.8 Å². The van der Waals surface area contributed by atoms with Crippen molar-refractivity contribution >= 4 is 17.7 Å². The lowest BCUT2D eigenvalue weighted by molar-refractivity contribution is -0.127. The van der Waals surface area contributed by atoms with Crippen molar-refractivity contribution in [2.45, 2.75) is 17.3 Å². The molecule has 0 N–H and O–H groups in total. The summed E-state index contributed by atoms with van der Waals surface area (Å²) in [4.78, 5) is 13.1. The van der Waals surface area contributed by atoms with E-state index in [1.54, 1.807) is 29.9 Å². The molecule has 0 radical (unpaired) electrons. The molecule has 1 rings (SSSR count). The van der Waals surface area contributed by atoms with Gasteiger partial charge in [0.05, 0.1) is 5.25 Å². The molecule has 1 heterocycles. The zero-order chi connectivity index (χ0) is 10.7. The molecule has 1 atom stereocenters. The highest BCUT2D eigenvalue weighted by molar-refractivity contribution is 8.00. The first kappa shape index (κ1) is 11.0. The van der Waals surface area contributed by atoms with Crippen LogP contribution in [0.25, 0.3) is 0 Å². The van der Waals surface area contributed by atoms with Gasteiger partial charge in [-0.05, 0) is 6.92 Å². The fourth-order valence-electron chi connectivity index (χ4n) is 0.951. The lowest BCUT2D eigenvalue weighted by Gasteiger charge is -2.15. The molecule has 0 aromatic carbocycles. The quantitative estimate of drug-likeness (QED) is 0.683. The molecular formula is C8H14N4OS. The number of thioether (sulfide) groups is 1. The van der Waals surface area contributed by atoms with E-state index in [0.29, 0.717) is 0 Å². The van der Waals surface area contributed by atoms with Crippen LogP contribution in [0.3, 0.4) is 0 Å². The van der Waals surface area contributed by atoms with Gasteiger partial charge in [-0.3, -0.25) is 4.79 Å². The topological polar surface area (TPSA) is 51.0 Å². The van der Waals surface area contributed by atoms with Gasteiger partial charge in [0.2, 0.25) is 5.91 Å². The molecule has 0 aliphatic heterocycles. The Morgan fingerprint density at radius 1 is 1.64 bits per heavy atom. The Morgan fingerprint density at radius 2 is 2.29 bits per heavy atom. The number of carbonyl (C=O) groups excluding carboxylic acids is 1. The van der Waals surface area contributed by atoms with Crippen LogP contribution in [0.2, 0.25) is 0 Å². The van der Waals surface area contributed by atoms with E-state index in [4.69, 9.17) is 0 Å². The first-order valence-corrected chi connectivity index (χ1v) is 5.12. The number of amides is 1. The maximum atomic E-state index is 11.5.